The largest absolute Gasteiger partial charge is 0.478 e. The molecule has 1 rings (SSSR count). The third-order valence-electron chi connectivity index (χ3n) is 1.93. The minimum absolute atomic E-state index is 0.197. The number of aliphatic carboxylic acids is 2. The molecule has 5 heteroatoms. The molecule has 0 saturated carbocycles. The van der Waals surface area contributed by atoms with Crippen LogP contribution in [0.3, 0.4) is 0 Å². The van der Waals surface area contributed by atoms with Crippen molar-refractivity contribution in [2.75, 3.05) is 6.54 Å². The number of hydrogen-bond acceptors (Lipinski definition) is 3. The number of carboxylic acids is 2. The fourth-order valence-electron chi connectivity index (χ4n) is 1.31. The van der Waals surface area contributed by atoms with Gasteiger partial charge in [-0.1, -0.05) is 0 Å². The van der Waals surface area contributed by atoms with Gasteiger partial charge in [-0.05, 0) is 19.3 Å². The number of carbonyl (C=O) groups is 2. The highest BCUT2D eigenvalue weighted by molar-refractivity contribution is 6.21. The zero-order chi connectivity index (χ0) is 10.6. The zero-order valence-electron chi connectivity index (χ0n) is 7.56. The molecule has 0 saturated heterocycles. The van der Waals surface area contributed by atoms with E-state index in [0.717, 1.165) is 12.8 Å². The second-order valence-electron chi connectivity index (χ2n) is 2.99. The lowest BCUT2D eigenvalue weighted by Gasteiger charge is -2.11. The highest BCUT2D eigenvalue weighted by Crippen LogP contribution is 2.12. The maximum Gasteiger partial charge on any atom is 0.337 e. The van der Waals surface area contributed by atoms with Gasteiger partial charge in [-0.3, -0.25) is 4.99 Å². The number of aliphatic imine (C=N–C) groups is 1. The first kappa shape index (κ1) is 10.4. The Morgan fingerprint density at radius 1 is 1.29 bits per heavy atom. The van der Waals surface area contributed by atoms with Gasteiger partial charge in [0.15, 0.2) is 0 Å². The van der Waals surface area contributed by atoms with Gasteiger partial charge in [0.2, 0.25) is 0 Å². The molecular formula is C9H11NO4. The Bertz CT molecular complexity index is 317. The molecule has 0 aromatic carbocycles. The van der Waals surface area contributed by atoms with Crippen LogP contribution in [0.2, 0.25) is 0 Å². The van der Waals surface area contributed by atoms with Crippen molar-refractivity contribution in [1.29, 1.82) is 0 Å². The van der Waals surface area contributed by atoms with Crippen LogP contribution in [0.4, 0.5) is 0 Å². The Balaban J connectivity index is 2.93. The Labute approximate surface area is 80.8 Å². The second-order valence-corrected chi connectivity index (χ2v) is 2.99. The summed E-state index contributed by atoms with van der Waals surface area (Å²) in [5.41, 5.74) is 0.198. The molecule has 0 aromatic heterocycles. The van der Waals surface area contributed by atoms with Crippen molar-refractivity contribution in [2.45, 2.75) is 19.3 Å². The lowest BCUT2D eigenvalue weighted by molar-refractivity contribution is -0.134. The smallest absolute Gasteiger partial charge is 0.337 e. The number of nitrogens with zero attached hydrogens (tertiary/aromatic N) is 1. The molecule has 0 aliphatic carbocycles. The Morgan fingerprint density at radius 2 is 2.00 bits per heavy atom. The van der Waals surface area contributed by atoms with E-state index < -0.39 is 11.9 Å². The van der Waals surface area contributed by atoms with Gasteiger partial charge in [-0.25, -0.2) is 9.59 Å². The maximum atomic E-state index is 10.7. The van der Waals surface area contributed by atoms with Crippen molar-refractivity contribution in [2.24, 2.45) is 4.99 Å². The second kappa shape index (κ2) is 4.55. The van der Waals surface area contributed by atoms with E-state index in [9.17, 15) is 9.59 Å². The molecule has 0 aromatic rings. The van der Waals surface area contributed by atoms with E-state index in [2.05, 4.69) is 4.99 Å². The molecule has 5 nitrogen and oxygen atoms in total. The maximum absolute atomic E-state index is 10.7. The van der Waals surface area contributed by atoms with Crippen LogP contribution in [0.1, 0.15) is 19.3 Å². The van der Waals surface area contributed by atoms with E-state index in [0.29, 0.717) is 24.8 Å². The molecule has 14 heavy (non-hydrogen) atoms. The topological polar surface area (TPSA) is 87.0 Å². The van der Waals surface area contributed by atoms with Crippen LogP contribution >= 0.6 is 0 Å². The van der Waals surface area contributed by atoms with Crippen molar-refractivity contribution in [3.63, 3.8) is 0 Å². The molecule has 0 radical (unpaired) electrons. The van der Waals surface area contributed by atoms with Crippen LogP contribution in [0.25, 0.3) is 0 Å². The van der Waals surface area contributed by atoms with Crippen molar-refractivity contribution < 1.29 is 19.8 Å². The molecule has 0 spiro atoms. The Morgan fingerprint density at radius 3 is 2.43 bits per heavy atom. The van der Waals surface area contributed by atoms with Gasteiger partial charge in [0.25, 0.3) is 0 Å². The van der Waals surface area contributed by atoms with Gasteiger partial charge in [0.05, 0.1) is 5.57 Å². The van der Waals surface area contributed by atoms with Gasteiger partial charge < -0.3 is 10.2 Å². The molecule has 0 unspecified atom stereocenters. The summed E-state index contributed by atoms with van der Waals surface area (Å²) in [7, 11) is 0. The molecule has 1 aliphatic heterocycles. The van der Waals surface area contributed by atoms with Gasteiger partial charge in [0, 0.05) is 18.3 Å². The quantitative estimate of drug-likeness (QED) is 0.652. The Kier molecular flexibility index (Phi) is 3.39. The van der Waals surface area contributed by atoms with Crippen LogP contribution in [0, 0.1) is 0 Å². The monoisotopic (exact) mass is 197 g/mol. The van der Waals surface area contributed by atoms with Gasteiger partial charge in [-0.2, -0.15) is 0 Å². The molecular weight excluding hydrogens is 186 g/mol. The SMILES string of the molecule is O=C(O)/C=C(\C(=O)O)C1=NCCCC1. The molecule has 0 bridgehead atoms. The van der Waals surface area contributed by atoms with Crippen LogP contribution in [0.5, 0.6) is 0 Å². The first-order valence-electron chi connectivity index (χ1n) is 4.33. The minimum Gasteiger partial charge on any atom is -0.478 e. The lowest BCUT2D eigenvalue weighted by Crippen LogP contribution is -2.17. The number of rotatable bonds is 3. The summed E-state index contributed by atoms with van der Waals surface area (Å²) in [4.78, 5) is 25.1. The molecule has 0 fully saturated rings. The minimum atomic E-state index is -1.25. The third-order valence-corrected chi connectivity index (χ3v) is 1.93. The van der Waals surface area contributed by atoms with Crippen molar-refractivity contribution in [3.05, 3.63) is 11.6 Å². The van der Waals surface area contributed by atoms with Gasteiger partial charge >= 0.3 is 11.9 Å². The van der Waals surface area contributed by atoms with E-state index in [1.54, 1.807) is 0 Å². The van der Waals surface area contributed by atoms with Gasteiger partial charge in [0.1, 0.15) is 0 Å². The molecule has 1 heterocycles. The van der Waals surface area contributed by atoms with Crippen LogP contribution in [-0.4, -0.2) is 34.4 Å². The van der Waals surface area contributed by atoms with Crippen LogP contribution in [-0.2, 0) is 9.59 Å². The standard InChI is InChI=1S/C9H11NO4/c11-8(12)5-6(9(13)14)7-3-1-2-4-10-7/h5H,1-4H2,(H,11,12)(H,13,14)/b6-5-. The van der Waals surface area contributed by atoms with E-state index >= 15 is 0 Å². The fraction of sp³-hybridized carbons (Fsp3) is 0.444. The van der Waals surface area contributed by atoms with Crippen LogP contribution < -0.4 is 0 Å². The summed E-state index contributed by atoms with van der Waals surface area (Å²) in [5, 5.41) is 17.2. The van der Waals surface area contributed by atoms with Crippen molar-refractivity contribution in [3.8, 4) is 0 Å². The molecule has 0 amide bonds. The summed E-state index contributed by atoms with van der Waals surface area (Å²) >= 11 is 0. The molecule has 76 valence electrons. The average Bonchev–Trinajstić information content (AvgIpc) is 2.15. The molecule has 2 N–H and O–H groups in total. The third kappa shape index (κ3) is 2.69. The normalized spacial score (nSPS) is 17.4. The first-order valence-corrected chi connectivity index (χ1v) is 4.33. The fourth-order valence-corrected chi connectivity index (χ4v) is 1.31. The van der Waals surface area contributed by atoms with Crippen LogP contribution in [0.15, 0.2) is 16.6 Å². The van der Waals surface area contributed by atoms with E-state index in [-0.39, 0.29) is 5.57 Å². The molecule has 0 atom stereocenters. The van der Waals surface area contributed by atoms with Crippen molar-refractivity contribution in [1.82, 2.24) is 0 Å². The Hall–Kier alpha value is -1.65. The summed E-state index contributed by atoms with van der Waals surface area (Å²) in [6, 6.07) is 0. The van der Waals surface area contributed by atoms with E-state index in [4.69, 9.17) is 10.2 Å². The predicted molar refractivity (Wildman–Crippen MR) is 49.5 cm³/mol. The highest BCUT2D eigenvalue weighted by Gasteiger charge is 2.17. The highest BCUT2D eigenvalue weighted by atomic mass is 16.4. The van der Waals surface area contributed by atoms with E-state index in [1.807, 2.05) is 0 Å². The summed E-state index contributed by atoms with van der Waals surface area (Å²) in [5.74, 6) is -2.48. The number of hydrogen-bond donors (Lipinski definition) is 2. The number of carboxylic acid groups (broad SMARTS) is 2. The molecule has 1 aliphatic rings. The first-order chi connectivity index (χ1) is 6.61. The van der Waals surface area contributed by atoms with Crippen molar-refractivity contribution >= 4 is 17.7 Å². The van der Waals surface area contributed by atoms with E-state index in [1.165, 1.54) is 0 Å². The lowest BCUT2D eigenvalue weighted by atomic mass is 10.0. The predicted octanol–water partition coefficient (Wildman–Crippen LogP) is 0.707. The summed E-state index contributed by atoms with van der Waals surface area (Å²) in [6.45, 7) is 0.583. The van der Waals surface area contributed by atoms with Gasteiger partial charge in [-0.15, -0.1) is 0 Å². The summed E-state index contributed by atoms with van der Waals surface area (Å²) < 4.78 is 0. The summed E-state index contributed by atoms with van der Waals surface area (Å²) in [6.07, 6.45) is 3.05. The average molecular weight is 197 g/mol. The zero-order valence-corrected chi connectivity index (χ0v) is 7.56.